The van der Waals surface area contributed by atoms with Crippen molar-refractivity contribution >= 4 is 22.1 Å². The van der Waals surface area contributed by atoms with Gasteiger partial charge >= 0.3 is 0 Å². The fraction of sp³-hybridized carbons (Fsp3) is 0.294. The van der Waals surface area contributed by atoms with Crippen molar-refractivity contribution in [3.05, 3.63) is 48.0 Å². The normalized spacial score (nSPS) is 12.2. The van der Waals surface area contributed by atoms with Crippen LogP contribution < -0.4 is 0 Å². The lowest BCUT2D eigenvalue weighted by atomic mass is 9.88. The molecule has 2 heteroatoms. The molecule has 0 atom stereocenters. The van der Waals surface area contributed by atoms with E-state index in [1.807, 2.05) is 24.3 Å². The Morgan fingerprint density at radius 3 is 2.00 bits per heavy atom. The van der Waals surface area contributed by atoms with Crippen LogP contribution in [0.5, 0.6) is 0 Å². The fourth-order valence-electron chi connectivity index (χ4n) is 2.39. The van der Waals surface area contributed by atoms with Crippen molar-refractivity contribution < 1.29 is 0 Å². The van der Waals surface area contributed by atoms with Crippen LogP contribution in [0.2, 0.25) is 0 Å². The van der Waals surface area contributed by atoms with Crippen LogP contribution in [0.25, 0.3) is 22.1 Å². The molecule has 1 heterocycles. The number of aromatic nitrogens is 2. The number of benzene rings is 2. The second kappa shape index (κ2) is 4.30. The summed E-state index contributed by atoms with van der Waals surface area (Å²) in [7, 11) is 0. The maximum Gasteiger partial charge on any atom is 0.0897 e. The maximum absolute atomic E-state index is 4.71. The number of fused-ring (bicyclic) bond motifs is 2. The van der Waals surface area contributed by atoms with E-state index >= 15 is 0 Å². The summed E-state index contributed by atoms with van der Waals surface area (Å²) in [6.45, 7) is 6.76. The Morgan fingerprint density at radius 1 is 0.789 bits per heavy atom. The molecule has 0 aliphatic rings. The molecule has 0 unspecified atom stereocenters. The Morgan fingerprint density at radius 2 is 1.37 bits per heavy atom. The predicted molar refractivity (Wildman–Crippen MR) is 80.2 cm³/mol. The summed E-state index contributed by atoms with van der Waals surface area (Å²) >= 11 is 0. The molecule has 0 bridgehead atoms. The van der Waals surface area contributed by atoms with Crippen molar-refractivity contribution in [3.8, 4) is 0 Å². The van der Waals surface area contributed by atoms with Crippen molar-refractivity contribution in [2.45, 2.75) is 27.2 Å². The van der Waals surface area contributed by atoms with Gasteiger partial charge in [0.2, 0.25) is 0 Å². The van der Waals surface area contributed by atoms with Crippen LogP contribution in [0.3, 0.4) is 0 Å². The van der Waals surface area contributed by atoms with Crippen LogP contribution in [0.4, 0.5) is 0 Å². The molecular weight excluding hydrogens is 232 g/mol. The minimum absolute atomic E-state index is 0.290. The number of nitrogens with zero attached hydrogens (tertiary/aromatic N) is 2. The third-order valence-electron chi connectivity index (χ3n) is 3.14. The summed E-state index contributed by atoms with van der Waals surface area (Å²) in [6.07, 6.45) is 1.05. The van der Waals surface area contributed by atoms with Crippen molar-refractivity contribution in [1.29, 1.82) is 0 Å². The van der Waals surface area contributed by atoms with Gasteiger partial charge in [-0.05, 0) is 41.7 Å². The smallest absolute Gasteiger partial charge is 0.0897 e. The van der Waals surface area contributed by atoms with Crippen LogP contribution in [-0.2, 0) is 6.42 Å². The molecule has 0 fully saturated rings. The van der Waals surface area contributed by atoms with Crippen LogP contribution in [0.1, 0.15) is 26.3 Å². The molecule has 19 heavy (non-hydrogen) atoms. The van der Waals surface area contributed by atoms with Crippen LogP contribution in [0, 0.1) is 5.41 Å². The molecule has 0 saturated heterocycles. The first-order valence-electron chi connectivity index (χ1n) is 6.67. The van der Waals surface area contributed by atoms with Gasteiger partial charge in [0.25, 0.3) is 0 Å². The summed E-state index contributed by atoms with van der Waals surface area (Å²) in [4.78, 5) is 9.36. The summed E-state index contributed by atoms with van der Waals surface area (Å²) in [5.41, 5.74) is 5.49. The van der Waals surface area contributed by atoms with Gasteiger partial charge in [0, 0.05) is 0 Å². The van der Waals surface area contributed by atoms with Crippen molar-refractivity contribution in [3.63, 3.8) is 0 Å². The van der Waals surface area contributed by atoms with E-state index in [2.05, 4.69) is 44.0 Å². The van der Waals surface area contributed by atoms with E-state index in [4.69, 9.17) is 4.98 Å². The third-order valence-corrected chi connectivity index (χ3v) is 3.14. The van der Waals surface area contributed by atoms with Gasteiger partial charge in [0.15, 0.2) is 0 Å². The molecule has 0 amide bonds. The highest BCUT2D eigenvalue weighted by atomic mass is 14.8. The van der Waals surface area contributed by atoms with Gasteiger partial charge in [0.1, 0.15) is 0 Å². The second-order valence-electron chi connectivity index (χ2n) is 6.27. The highest BCUT2D eigenvalue weighted by Gasteiger charge is 2.12. The molecule has 1 aromatic heterocycles. The zero-order valence-electron chi connectivity index (χ0n) is 11.6. The first-order valence-corrected chi connectivity index (χ1v) is 6.67. The Bertz CT molecular complexity index is 739. The van der Waals surface area contributed by atoms with E-state index < -0.39 is 0 Å². The van der Waals surface area contributed by atoms with Crippen LogP contribution >= 0.6 is 0 Å². The van der Waals surface area contributed by atoms with Crippen LogP contribution in [-0.4, -0.2) is 9.97 Å². The molecule has 0 saturated carbocycles. The largest absolute Gasteiger partial charge is 0.245 e. The van der Waals surface area contributed by atoms with Crippen molar-refractivity contribution in [1.82, 2.24) is 9.97 Å². The maximum atomic E-state index is 4.71. The highest BCUT2D eigenvalue weighted by Crippen LogP contribution is 2.23. The number of para-hydroxylation sites is 2. The van der Waals surface area contributed by atoms with Gasteiger partial charge in [-0.1, -0.05) is 39.0 Å². The SMILES string of the molecule is CC(C)(C)Cc1ccc2nc3ccccc3nc2c1. The number of hydrogen-bond acceptors (Lipinski definition) is 2. The summed E-state index contributed by atoms with van der Waals surface area (Å²) in [5.74, 6) is 0. The Kier molecular flexibility index (Phi) is 2.74. The first kappa shape index (κ1) is 12.1. The van der Waals surface area contributed by atoms with Gasteiger partial charge in [-0.15, -0.1) is 0 Å². The second-order valence-corrected chi connectivity index (χ2v) is 6.27. The molecule has 3 aromatic rings. The van der Waals surface area contributed by atoms with Crippen molar-refractivity contribution in [2.24, 2.45) is 5.41 Å². The van der Waals surface area contributed by atoms with Gasteiger partial charge < -0.3 is 0 Å². The summed E-state index contributed by atoms with van der Waals surface area (Å²) < 4.78 is 0. The van der Waals surface area contributed by atoms with Gasteiger partial charge in [0.05, 0.1) is 22.1 Å². The van der Waals surface area contributed by atoms with E-state index in [-0.39, 0.29) is 5.41 Å². The predicted octanol–water partition coefficient (Wildman–Crippen LogP) is 4.37. The highest BCUT2D eigenvalue weighted by molar-refractivity contribution is 5.86. The fourth-order valence-corrected chi connectivity index (χ4v) is 2.39. The molecule has 2 aromatic carbocycles. The lowest BCUT2D eigenvalue weighted by Crippen LogP contribution is -2.09. The van der Waals surface area contributed by atoms with E-state index in [1.165, 1.54) is 5.56 Å². The van der Waals surface area contributed by atoms with Gasteiger partial charge in [-0.3, -0.25) is 0 Å². The zero-order valence-corrected chi connectivity index (χ0v) is 11.6. The topological polar surface area (TPSA) is 25.8 Å². The summed E-state index contributed by atoms with van der Waals surface area (Å²) in [6, 6.07) is 14.4. The Hall–Kier alpha value is -1.96. The third kappa shape index (κ3) is 2.58. The molecule has 0 aliphatic carbocycles. The molecule has 0 spiro atoms. The lowest BCUT2D eigenvalue weighted by molar-refractivity contribution is 0.411. The van der Waals surface area contributed by atoms with Gasteiger partial charge in [-0.2, -0.15) is 0 Å². The van der Waals surface area contributed by atoms with E-state index in [0.29, 0.717) is 0 Å². The number of rotatable bonds is 1. The average molecular weight is 250 g/mol. The lowest BCUT2D eigenvalue weighted by Gasteiger charge is -2.18. The minimum Gasteiger partial charge on any atom is -0.245 e. The minimum atomic E-state index is 0.290. The Balaban J connectivity index is 2.14. The van der Waals surface area contributed by atoms with E-state index in [9.17, 15) is 0 Å². The zero-order chi connectivity index (χ0) is 13.5. The molecule has 0 N–H and O–H groups in total. The average Bonchev–Trinajstić information content (AvgIpc) is 2.34. The molecular formula is C17H18N2. The van der Waals surface area contributed by atoms with Gasteiger partial charge in [-0.25, -0.2) is 9.97 Å². The van der Waals surface area contributed by atoms with E-state index in [1.54, 1.807) is 0 Å². The molecule has 0 radical (unpaired) electrons. The molecule has 96 valence electrons. The molecule has 3 rings (SSSR count). The molecule has 2 nitrogen and oxygen atoms in total. The monoisotopic (exact) mass is 250 g/mol. The van der Waals surface area contributed by atoms with Crippen LogP contribution in [0.15, 0.2) is 42.5 Å². The standard InChI is InChI=1S/C17H18N2/c1-17(2,3)11-12-8-9-15-16(10-12)19-14-7-5-4-6-13(14)18-15/h4-10H,11H2,1-3H3. The van der Waals surface area contributed by atoms with E-state index in [0.717, 1.165) is 28.5 Å². The first-order chi connectivity index (χ1) is 9.01. The quantitative estimate of drug-likeness (QED) is 0.599. The molecule has 0 aliphatic heterocycles. The summed E-state index contributed by atoms with van der Waals surface area (Å²) in [5, 5.41) is 0. The van der Waals surface area contributed by atoms with Crippen molar-refractivity contribution in [2.75, 3.05) is 0 Å². The number of hydrogen-bond donors (Lipinski definition) is 0. The Labute approximate surface area is 113 Å².